The maximum Gasteiger partial charge on any atom is 0.269 e. The number of thiophene rings is 1. The van der Waals surface area contributed by atoms with Crippen molar-refractivity contribution in [3.8, 4) is 23.0 Å². The Kier molecular flexibility index (Phi) is 5.94. The third kappa shape index (κ3) is 4.41. The minimum atomic E-state index is -0.389. The number of hydrogen-bond donors (Lipinski definition) is 2. The average molecular weight is 440 g/mol. The van der Waals surface area contributed by atoms with E-state index in [-0.39, 0.29) is 33.1 Å². The number of carbonyl (C=O) groups excluding carboxylic acids is 2. The van der Waals surface area contributed by atoms with Gasteiger partial charge in [0.25, 0.3) is 11.8 Å². The van der Waals surface area contributed by atoms with E-state index in [1.54, 1.807) is 62.8 Å². The van der Waals surface area contributed by atoms with Gasteiger partial charge in [-0.05, 0) is 48.5 Å². The van der Waals surface area contributed by atoms with Gasteiger partial charge >= 0.3 is 0 Å². The molecule has 0 aliphatic carbocycles. The molecule has 4 rings (SSSR count). The molecule has 1 aliphatic rings. The number of ether oxygens (including phenoxy) is 4. The third-order valence-corrected chi connectivity index (χ3v) is 5.66. The van der Waals surface area contributed by atoms with Gasteiger partial charge in [-0.15, -0.1) is 11.3 Å². The average Bonchev–Trinajstić information content (AvgIpc) is 3.20. The summed E-state index contributed by atoms with van der Waals surface area (Å²) in [5, 5.41) is 5.62. The quantitative estimate of drug-likeness (QED) is 0.601. The molecule has 0 atom stereocenters. The van der Waals surface area contributed by atoms with E-state index >= 15 is 0 Å². The molecule has 0 spiro atoms. The largest absolute Gasteiger partial charge is 0.497 e. The lowest BCUT2D eigenvalue weighted by molar-refractivity contribution is 0.100. The molecule has 0 unspecified atom stereocenters. The van der Waals surface area contributed by atoms with Gasteiger partial charge in [0.15, 0.2) is 11.5 Å². The van der Waals surface area contributed by atoms with Gasteiger partial charge in [-0.3, -0.25) is 9.59 Å². The topological polar surface area (TPSA) is 95.1 Å². The van der Waals surface area contributed by atoms with E-state index in [1.165, 1.54) is 0 Å². The smallest absolute Gasteiger partial charge is 0.269 e. The summed E-state index contributed by atoms with van der Waals surface area (Å²) < 4.78 is 21.6. The number of rotatable bonds is 6. The van der Waals surface area contributed by atoms with Gasteiger partial charge in [-0.1, -0.05) is 0 Å². The maximum absolute atomic E-state index is 12.9. The molecule has 0 fully saturated rings. The van der Waals surface area contributed by atoms with Crippen molar-refractivity contribution in [1.82, 2.24) is 0 Å². The number of hydrogen-bond acceptors (Lipinski definition) is 7. The van der Waals surface area contributed by atoms with Crippen LogP contribution in [0.25, 0.3) is 0 Å². The molecular weight excluding hydrogens is 420 g/mol. The Labute approximate surface area is 182 Å². The van der Waals surface area contributed by atoms with Crippen LogP contribution in [0.2, 0.25) is 0 Å². The predicted octanol–water partition coefficient (Wildman–Crippen LogP) is 4.04. The third-order valence-electron chi connectivity index (χ3n) is 4.51. The van der Waals surface area contributed by atoms with Crippen LogP contribution >= 0.6 is 11.3 Å². The molecule has 1 aromatic heterocycles. The Morgan fingerprint density at radius 3 is 1.48 bits per heavy atom. The monoisotopic (exact) mass is 440 g/mol. The molecule has 8 nitrogen and oxygen atoms in total. The maximum atomic E-state index is 12.9. The van der Waals surface area contributed by atoms with Gasteiger partial charge in [0.2, 0.25) is 0 Å². The zero-order valence-electron chi connectivity index (χ0n) is 16.9. The second kappa shape index (κ2) is 8.97. The highest BCUT2D eigenvalue weighted by atomic mass is 32.1. The summed E-state index contributed by atoms with van der Waals surface area (Å²) in [5.41, 5.74) is 1.18. The Bertz CT molecular complexity index is 1010. The van der Waals surface area contributed by atoms with Crippen molar-refractivity contribution in [1.29, 1.82) is 0 Å². The van der Waals surface area contributed by atoms with E-state index in [0.717, 1.165) is 11.3 Å². The second-order valence-corrected chi connectivity index (χ2v) is 7.50. The molecule has 0 radical (unpaired) electrons. The van der Waals surface area contributed by atoms with Crippen LogP contribution in [-0.2, 0) is 0 Å². The fourth-order valence-electron chi connectivity index (χ4n) is 2.97. The first-order chi connectivity index (χ1) is 15.1. The molecule has 160 valence electrons. The van der Waals surface area contributed by atoms with Gasteiger partial charge in [0.1, 0.15) is 34.5 Å². The molecule has 2 heterocycles. The van der Waals surface area contributed by atoms with Crippen molar-refractivity contribution in [3.05, 3.63) is 58.3 Å². The fourth-order valence-corrected chi connectivity index (χ4v) is 3.95. The Balaban J connectivity index is 1.57. The van der Waals surface area contributed by atoms with E-state index in [2.05, 4.69) is 10.6 Å². The molecule has 2 N–H and O–H groups in total. The molecule has 2 amide bonds. The lowest BCUT2D eigenvalue weighted by atomic mass is 10.2. The zero-order chi connectivity index (χ0) is 21.8. The number of carbonyl (C=O) groups is 2. The summed E-state index contributed by atoms with van der Waals surface area (Å²) in [4.78, 5) is 26.3. The van der Waals surface area contributed by atoms with Crippen molar-refractivity contribution >= 4 is 34.5 Å². The van der Waals surface area contributed by atoms with Gasteiger partial charge < -0.3 is 29.6 Å². The molecule has 0 saturated heterocycles. The molecule has 2 aromatic carbocycles. The Morgan fingerprint density at radius 2 is 1.13 bits per heavy atom. The van der Waals surface area contributed by atoms with E-state index in [4.69, 9.17) is 18.9 Å². The lowest BCUT2D eigenvalue weighted by Gasteiger charge is -2.17. The van der Waals surface area contributed by atoms with Crippen LogP contribution in [0.1, 0.15) is 19.3 Å². The molecule has 31 heavy (non-hydrogen) atoms. The second-order valence-electron chi connectivity index (χ2n) is 6.48. The number of anilines is 2. The van der Waals surface area contributed by atoms with Crippen LogP contribution < -0.4 is 29.6 Å². The first-order valence-electron chi connectivity index (χ1n) is 9.42. The van der Waals surface area contributed by atoms with Gasteiger partial charge in [0, 0.05) is 11.4 Å². The van der Waals surface area contributed by atoms with Crippen molar-refractivity contribution in [2.45, 2.75) is 0 Å². The zero-order valence-corrected chi connectivity index (χ0v) is 17.7. The first-order valence-corrected chi connectivity index (χ1v) is 10.2. The van der Waals surface area contributed by atoms with Crippen LogP contribution in [0, 0.1) is 0 Å². The number of fused-ring (bicyclic) bond motifs is 1. The first kappa shape index (κ1) is 20.5. The van der Waals surface area contributed by atoms with E-state index in [1.807, 2.05) is 0 Å². The number of methoxy groups -OCH3 is 2. The summed E-state index contributed by atoms with van der Waals surface area (Å²) in [6, 6.07) is 13.9. The molecule has 1 aliphatic heterocycles. The minimum absolute atomic E-state index is 0.269. The molecule has 0 bridgehead atoms. The van der Waals surface area contributed by atoms with Crippen molar-refractivity contribution < 1.29 is 28.5 Å². The Hall–Kier alpha value is -3.72. The molecule has 3 aromatic rings. The number of benzene rings is 2. The summed E-state index contributed by atoms with van der Waals surface area (Å²) in [6.07, 6.45) is 0. The summed E-state index contributed by atoms with van der Waals surface area (Å²) in [7, 11) is 3.14. The Morgan fingerprint density at radius 1 is 0.742 bits per heavy atom. The number of amides is 2. The van der Waals surface area contributed by atoms with Gasteiger partial charge in [-0.25, -0.2) is 0 Å². The van der Waals surface area contributed by atoms with Crippen LogP contribution in [0.4, 0.5) is 11.4 Å². The van der Waals surface area contributed by atoms with Crippen LogP contribution in [0.15, 0.2) is 48.5 Å². The van der Waals surface area contributed by atoms with E-state index < -0.39 is 0 Å². The molecule has 9 heteroatoms. The molecular formula is C22H20N2O6S. The number of nitrogens with one attached hydrogen (secondary N) is 2. The predicted molar refractivity (Wildman–Crippen MR) is 117 cm³/mol. The highest BCUT2D eigenvalue weighted by Gasteiger charge is 2.31. The van der Waals surface area contributed by atoms with E-state index in [9.17, 15) is 9.59 Å². The van der Waals surface area contributed by atoms with Gasteiger partial charge in [0.05, 0.1) is 14.2 Å². The standard InChI is InChI=1S/C22H20N2O6S/c1-27-15-7-3-13(4-8-15)23-21(25)19-17-18(30-12-11-29-17)20(31-19)22(26)24-14-5-9-16(28-2)10-6-14/h3-10H,11-12H2,1-2H3,(H,23,25)(H,24,26). The van der Waals surface area contributed by atoms with Crippen LogP contribution in [0.5, 0.6) is 23.0 Å². The van der Waals surface area contributed by atoms with Crippen LogP contribution in [-0.4, -0.2) is 39.2 Å². The normalized spacial score (nSPS) is 12.1. The van der Waals surface area contributed by atoms with Crippen molar-refractivity contribution in [2.24, 2.45) is 0 Å². The summed E-state index contributed by atoms with van der Waals surface area (Å²) >= 11 is 1.02. The molecule has 0 saturated carbocycles. The van der Waals surface area contributed by atoms with Crippen LogP contribution in [0.3, 0.4) is 0 Å². The summed E-state index contributed by atoms with van der Waals surface area (Å²) in [6.45, 7) is 0.595. The highest BCUT2D eigenvalue weighted by Crippen LogP contribution is 2.44. The van der Waals surface area contributed by atoms with Gasteiger partial charge in [-0.2, -0.15) is 0 Å². The van der Waals surface area contributed by atoms with E-state index in [0.29, 0.717) is 36.1 Å². The lowest BCUT2D eigenvalue weighted by Crippen LogP contribution is -2.19. The fraction of sp³-hybridized carbons (Fsp3) is 0.182. The summed E-state index contributed by atoms with van der Waals surface area (Å²) in [5.74, 6) is 1.14. The van der Waals surface area contributed by atoms with Crippen molar-refractivity contribution in [2.75, 3.05) is 38.1 Å². The highest BCUT2D eigenvalue weighted by molar-refractivity contribution is 7.17. The van der Waals surface area contributed by atoms with Crippen molar-refractivity contribution in [3.63, 3.8) is 0 Å². The SMILES string of the molecule is COc1ccc(NC(=O)c2sc(C(=O)Nc3ccc(OC)cc3)c3c2OCCO3)cc1. The minimum Gasteiger partial charge on any atom is -0.497 e.